The predicted octanol–water partition coefficient (Wildman–Crippen LogP) is 2.20. The Morgan fingerprint density at radius 3 is 2.61 bits per heavy atom. The Balaban J connectivity index is 2.91. The van der Waals surface area contributed by atoms with E-state index >= 15 is 0 Å². The SMILES string of the molecule is COCCN(C(=O)c1ccc(O)c(C)c1)C(C)C. The van der Waals surface area contributed by atoms with Crippen molar-refractivity contribution in [2.24, 2.45) is 0 Å². The summed E-state index contributed by atoms with van der Waals surface area (Å²) in [6.45, 7) is 6.80. The first-order valence-corrected chi connectivity index (χ1v) is 6.07. The van der Waals surface area contributed by atoms with Crippen LogP contribution in [0.25, 0.3) is 0 Å². The van der Waals surface area contributed by atoms with Gasteiger partial charge in [-0.25, -0.2) is 0 Å². The van der Waals surface area contributed by atoms with Crippen molar-refractivity contribution in [1.82, 2.24) is 4.90 Å². The van der Waals surface area contributed by atoms with E-state index in [4.69, 9.17) is 4.74 Å². The third kappa shape index (κ3) is 3.47. The van der Waals surface area contributed by atoms with E-state index in [9.17, 15) is 9.90 Å². The van der Waals surface area contributed by atoms with Crippen LogP contribution in [0.3, 0.4) is 0 Å². The van der Waals surface area contributed by atoms with Gasteiger partial charge in [0.2, 0.25) is 0 Å². The number of amides is 1. The number of aromatic hydroxyl groups is 1. The van der Waals surface area contributed by atoms with Gasteiger partial charge in [0.1, 0.15) is 5.75 Å². The quantitative estimate of drug-likeness (QED) is 0.872. The molecule has 100 valence electrons. The second kappa shape index (κ2) is 6.40. The molecule has 0 aliphatic rings. The summed E-state index contributed by atoms with van der Waals surface area (Å²) >= 11 is 0. The van der Waals surface area contributed by atoms with Crippen LogP contribution in [0.1, 0.15) is 29.8 Å². The first-order chi connectivity index (χ1) is 8.47. The highest BCUT2D eigenvalue weighted by molar-refractivity contribution is 5.94. The minimum atomic E-state index is -0.0369. The maximum absolute atomic E-state index is 12.3. The van der Waals surface area contributed by atoms with Crippen LogP contribution in [0.5, 0.6) is 5.75 Å². The van der Waals surface area contributed by atoms with Crippen molar-refractivity contribution in [3.63, 3.8) is 0 Å². The van der Waals surface area contributed by atoms with E-state index < -0.39 is 0 Å². The Kier molecular flexibility index (Phi) is 5.16. The number of phenolic OH excluding ortho intramolecular Hbond substituents is 1. The molecular weight excluding hydrogens is 230 g/mol. The number of carbonyl (C=O) groups is 1. The summed E-state index contributed by atoms with van der Waals surface area (Å²) in [5, 5.41) is 9.47. The number of phenols is 1. The van der Waals surface area contributed by atoms with Gasteiger partial charge in [0.25, 0.3) is 5.91 Å². The van der Waals surface area contributed by atoms with Crippen molar-refractivity contribution in [3.05, 3.63) is 29.3 Å². The first kappa shape index (κ1) is 14.5. The van der Waals surface area contributed by atoms with E-state index in [1.165, 1.54) is 0 Å². The second-order valence-corrected chi connectivity index (χ2v) is 4.59. The molecular formula is C14H21NO3. The normalized spacial score (nSPS) is 10.7. The minimum absolute atomic E-state index is 0.0369. The molecule has 0 spiro atoms. The predicted molar refractivity (Wildman–Crippen MR) is 70.9 cm³/mol. The summed E-state index contributed by atoms with van der Waals surface area (Å²) in [6, 6.07) is 5.02. The number of carbonyl (C=O) groups excluding carboxylic acids is 1. The van der Waals surface area contributed by atoms with E-state index in [-0.39, 0.29) is 17.7 Å². The Morgan fingerprint density at radius 2 is 2.11 bits per heavy atom. The Morgan fingerprint density at radius 1 is 1.44 bits per heavy atom. The standard InChI is InChI=1S/C14H21NO3/c1-10(2)15(7-8-18-4)14(17)12-5-6-13(16)11(3)9-12/h5-6,9-10,16H,7-8H2,1-4H3. The third-order valence-corrected chi connectivity index (χ3v) is 2.86. The maximum atomic E-state index is 12.3. The third-order valence-electron chi connectivity index (χ3n) is 2.86. The largest absolute Gasteiger partial charge is 0.508 e. The molecule has 0 aromatic heterocycles. The van der Waals surface area contributed by atoms with Gasteiger partial charge < -0.3 is 14.7 Å². The molecule has 0 radical (unpaired) electrons. The zero-order chi connectivity index (χ0) is 13.7. The first-order valence-electron chi connectivity index (χ1n) is 6.07. The van der Waals surface area contributed by atoms with Gasteiger partial charge in [-0.1, -0.05) is 0 Å². The van der Waals surface area contributed by atoms with Crippen LogP contribution in [0, 0.1) is 6.92 Å². The summed E-state index contributed by atoms with van der Waals surface area (Å²) in [4.78, 5) is 14.1. The number of methoxy groups -OCH3 is 1. The van der Waals surface area contributed by atoms with Crippen molar-refractivity contribution >= 4 is 5.91 Å². The van der Waals surface area contributed by atoms with Gasteiger partial charge in [0.05, 0.1) is 6.61 Å². The molecule has 0 heterocycles. The molecule has 1 N–H and O–H groups in total. The Hall–Kier alpha value is -1.55. The maximum Gasteiger partial charge on any atom is 0.254 e. The fourth-order valence-corrected chi connectivity index (χ4v) is 1.74. The second-order valence-electron chi connectivity index (χ2n) is 4.59. The van der Waals surface area contributed by atoms with Crippen molar-refractivity contribution in [2.45, 2.75) is 26.8 Å². The number of benzene rings is 1. The molecule has 4 heteroatoms. The van der Waals surface area contributed by atoms with Crippen molar-refractivity contribution in [3.8, 4) is 5.75 Å². The van der Waals surface area contributed by atoms with Crippen LogP contribution in [-0.4, -0.2) is 42.2 Å². The lowest BCUT2D eigenvalue weighted by Crippen LogP contribution is -2.39. The fraction of sp³-hybridized carbons (Fsp3) is 0.500. The van der Waals surface area contributed by atoms with Gasteiger partial charge in [0.15, 0.2) is 0 Å². The number of nitrogens with zero attached hydrogens (tertiary/aromatic N) is 1. The minimum Gasteiger partial charge on any atom is -0.508 e. The highest BCUT2D eigenvalue weighted by atomic mass is 16.5. The van der Waals surface area contributed by atoms with Gasteiger partial charge in [0, 0.05) is 25.3 Å². The number of ether oxygens (including phenoxy) is 1. The molecule has 0 atom stereocenters. The Labute approximate surface area is 108 Å². The van der Waals surface area contributed by atoms with Crippen LogP contribution in [0.2, 0.25) is 0 Å². The summed E-state index contributed by atoms with van der Waals surface area (Å²) in [5.74, 6) is 0.171. The highest BCUT2D eigenvalue weighted by Gasteiger charge is 2.18. The molecule has 0 saturated carbocycles. The number of aryl methyl sites for hydroxylation is 1. The smallest absolute Gasteiger partial charge is 0.254 e. The van der Waals surface area contributed by atoms with Gasteiger partial charge in [-0.15, -0.1) is 0 Å². The van der Waals surface area contributed by atoms with Crippen LogP contribution >= 0.6 is 0 Å². The van der Waals surface area contributed by atoms with Gasteiger partial charge >= 0.3 is 0 Å². The molecule has 0 aliphatic carbocycles. The van der Waals surface area contributed by atoms with Crippen LogP contribution in [0.15, 0.2) is 18.2 Å². The molecule has 0 fully saturated rings. The molecule has 0 bridgehead atoms. The zero-order valence-corrected chi connectivity index (χ0v) is 11.4. The topological polar surface area (TPSA) is 49.8 Å². The lowest BCUT2D eigenvalue weighted by molar-refractivity contribution is 0.0635. The highest BCUT2D eigenvalue weighted by Crippen LogP contribution is 2.18. The van der Waals surface area contributed by atoms with Crippen LogP contribution in [0.4, 0.5) is 0 Å². The Bertz CT molecular complexity index is 416. The van der Waals surface area contributed by atoms with Crippen molar-refractivity contribution in [1.29, 1.82) is 0 Å². The van der Waals surface area contributed by atoms with Gasteiger partial charge in [-0.05, 0) is 44.5 Å². The molecule has 18 heavy (non-hydrogen) atoms. The number of rotatable bonds is 5. The molecule has 4 nitrogen and oxygen atoms in total. The summed E-state index contributed by atoms with van der Waals surface area (Å²) in [6.07, 6.45) is 0. The lowest BCUT2D eigenvalue weighted by atomic mass is 10.1. The zero-order valence-electron chi connectivity index (χ0n) is 11.4. The summed E-state index contributed by atoms with van der Waals surface area (Å²) in [5.41, 5.74) is 1.30. The fourth-order valence-electron chi connectivity index (χ4n) is 1.74. The molecule has 1 aromatic rings. The van der Waals surface area contributed by atoms with Crippen molar-refractivity contribution < 1.29 is 14.6 Å². The molecule has 1 aromatic carbocycles. The van der Waals surface area contributed by atoms with Crippen LogP contribution in [-0.2, 0) is 4.74 Å². The molecule has 0 unspecified atom stereocenters. The van der Waals surface area contributed by atoms with E-state index in [1.54, 1.807) is 37.1 Å². The van der Waals surface area contributed by atoms with Gasteiger partial charge in [-0.2, -0.15) is 0 Å². The van der Waals surface area contributed by atoms with Gasteiger partial charge in [-0.3, -0.25) is 4.79 Å². The average Bonchev–Trinajstić information content (AvgIpc) is 2.32. The summed E-state index contributed by atoms with van der Waals surface area (Å²) < 4.78 is 5.02. The number of hydrogen-bond acceptors (Lipinski definition) is 3. The monoisotopic (exact) mass is 251 g/mol. The van der Waals surface area contributed by atoms with E-state index in [2.05, 4.69) is 0 Å². The van der Waals surface area contributed by atoms with E-state index in [0.29, 0.717) is 24.3 Å². The lowest BCUT2D eigenvalue weighted by Gasteiger charge is -2.26. The summed E-state index contributed by atoms with van der Waals surface area (Å²) in [7, 11) is 1.62. The molecule has 1 rings (SSSR count). The van der Waals surface area contributed by atoms with Crippen molar-refractivity contribution in [2.75, 3.05) is 20.3 Å². The molecule has 0 saturated heterocycles. The molecule has 1 amide bonds. The average molecular weight is 251 g/mol. The molecule has 0 aliphatic heterocycles. The number of hydrogen-bond donors (Lipinski definition) is 1. The van der Waals surface area contributed by atoms with E-state index in [0.717, 1.165) is 0 Å². The van der Waals surface area contributed by atoms with Crippen LogP contribution < -0.4 is 0 Å². The van der Waals surface area contributed by atoms with E-state index in [1.807, 2.05) is 13.8 Å².